The summed E-state index contributed by atoms with van der Waals surface area (Å²) in [5, 5.41) is 3.82. The summed E-state index contributed by atoms with van der Waals surface area (Å²) in [5.74, 6) is -0.735. The third-order valence-corrected chi connectivity index (χ3v) is 5.68. The zero-order valence-corrected chi connectivity index (χ0v) is 15.0. The summed E-state index contributed by atoms with van der Waals surface area (Å²) in [6, 6.07) is 11.2. The maximum atomic E-state index is 12.9. The van der Waals surface area contributed by atoms with E-state index in [1.54, 1.807) is 25.1 Å². The quantitative estimate of drug-likeness (QED) is 0.701. The van der Waals surface area contributed by atoms with Gasteiger partial charge in [0.15, 0.2) is 0 Å². The lowest BCUT2D eigenvalue weighted by atomic mass is 9.99. The van der Waals surface area contributed by atoms with Crippen LogP contribution in [0.4, 0.5) is 0 Å². The molecular formula is C18H22N2O4S. The Morgan fingerprint density at radius 3 is 2.52 bits per heavy atom. The van der Waals surface area contributed by atoms with Crippen molar-refractivity contribution in [3.05, 3.63) is 42.5 Å². The van der Waals surface area contributed by atoms with Gasteiger partial charge in [-0.15, -0.1) is 0 Å². The highest BCUT2D eigenvalue weighted by atomic mass is 32.2. The Kier molecular flexibility index (Phi) is 6.27. The number of carbonyl (C=O) groups excluding carboxylic acids is 2. The van der Waals surface area contributed by atoms with Crippen LogP contribution in [0, 0.1) is 5.92 Å². The Hall–Kier alpha value is -2.25. The number of hydrogen-bond acceptors (Lipinski definition) is 4. The topological polar surface area (TPSA) is 92.3 Å². The molecule has 0 saturated heterocycles. The lowest BCUT2D eigenvalue weighted by Gasteiger charge is -2.23. The molecule has 2 N–H and O–H groups in total. The standard InChI is InChI=1S/C18H22N2O4S/c1-3-13(2)17(18(22)19-11-12-21)20-25(23,24)16-10-6-8-14-7-4-5-9-15(14)16/h4-10,12-13,17,20H,3,11H2,1-2H3,(H,19,22)/t13-,17-/m0/s1. The highest BCUT2D eigenvalue weighted by Crippen LogP contribution is 2.23. The number of carbonyl (C=O) groups is 2. The van der Waals surface area contributed by atoms with Crippen molar-refractivity contribution in [1.82, 2.24) is 10.0 Å². The van der Waals surface area contributed by atoms with Gasteiger partial charge in [0.1, 0.15) is 12.3 Å². The van der Waals surface area contributed by atoms with E-state index >= 15 is 0 Å². The van der Waals surface area contributed by atoms with Crippen molar-refractivity contribution < 1.29 is 18.0 Å². The Morgan fingerprint density at radius 1 is 1.16 bits per heavy atom. The van der Waals surface area contributed by atoms with E-state index < -0.39 is 22.0 Å². The number of fused-ring (bicyclic) bond motifs is 1. The van der Waals surface area contributed by atoms with Gasteiger partial charge in [-0.05, 0) is 17.4 Å². The van der Waals surface area contributed by atoms with E-state index in [1.165, 1.54) is 6.07 Å². The molecule has 0 heterocycles. The Morgan fingerprint density at radius 2 is 1.84 bits per heavy atom. The van der Waals surface area contributed by atoms with Crippen LogP contribution in [0.1, 0.15) is 20.3 Å². The fourth-order valence-electron chi connectivity index (χ4n) is 2.58. The minimum atomic E-state index is -3.91. The SMILES string of the molecule is CC[C@H](C)[C@H](NS(=O)(=O)c1cccc2ccccc12)C(=O)NCC=O. The van der Waals surface area contributed by atoms with Gasteiger partial charge in [0, 0.05) is 5.39 Å². The van der Waals surface area contributed by atoms with Crippen LogP contribution < -0.4 is 10.0 Å². The number of benzene rings is 2. The lowest BCUT2D eigenvalue weighted by molar-refractivity contribution is -0.125. The van der Waals surface area contributed by atoms with E-state index in [0.717, 1.165) is 5.39 Å². The monoisotopic (exact) mass is 362 g/mol. The van der Waals surface area contributed by atoms with Crippen LogP contribution in [-0.2, 0) is 19.6 Å². The van der Waals surface area contributed by atoms with E-state index in [4.69, 9.17) is 0 Å². The van der Waals surface area contributed by atoms with Gasteiger partial charge in [-0.2, -0.15) is 4.72 Å². The first-order chi connectivity index (χ1) is 11.9. The van der Waals surface area contributed by atoms with Crippen LogP contribution >= 0.6 is 0 Å². The molecule has 0 spiro atoms. The number of nitrogens with one attached hydrogen (secondary N) is 2. The molecule has 1 amide bonds. The van der Waals surface area contributed by atoms with Gasteiger partial charge in [-0.1, -0.05) is 56.7 Å². The molecule has 0 bridgehead atoms. The van der Waals surface area contributed by atoms with Crippen LogP contribution in [-0.4, -0.2) is 33.2 Å². The van der Waals surface area contributed by atoms with E-state index in [-0.39, 0.29) is 17.4 Å². The van der Waals surface area contributed by atoms with Gasteiger partial charge < -0.3 is 10.1 Å². The Labute approximate surface area is 147 Å². The first kappa shape index (κ1) is 19.1. The van der Waals surface area contributed by atoms with Crippen molar-refractivity contribution in [1.29, 1.82) is 0 Å². The summed E-state index contributed by atoms with van der Waals surface area (Å²) >= 11 is 0. The predicted molar refractivity (Wildman–Crippen MR) is 96.6 cm³/mol. The maximum Gasteiger partial charge on any atom is 0.241 e. The van der Waals surface area contributed by atoms with E-state index in [0.29, 0.717) is 18.1 Å². The summed E-state index contributed by atoms with van der Waals surface area (Å²) in [6.45, 7) is 3.51. The number of sulfonamides is 1. The van der Waals surface area contributed by atoms with Crippen molar-refractivity contribution in [3.63, 3.8) is 0 Å². The molecule has 0 aliphatic rings. The summed E-state index contributed by atoms with van der Waals surface area (Å²) in [5.41, 5.74) is 0. The molecule has 0 aliphatic carbocycles. The van der Waals surface area contributed by atoms with Crippen LogP contribution in [0.15, 0.2) is 47.4 Å². The second kappa shape index (κ2) is 8.22. The number of aldehydes is 1. The first-order valence-corrected chi connectivity index (χ1v) is 9.60. The zero-order valence-electron chi connectivity index (χ0n) is 14.2. The lowest BCUT2D eigenvalue weighted by Crippen LogP contribution is -2.50. The average molecular weight is 362 g/mol. The van der Waals surface area contributed by atoms with Gasteiger partial charge in [-0.3, -0.25) is 4.79 Å². The normalized spacial score (nSPS) is 14.0. The molecule has 0 fully saturated rings. The molecule has 0 unspecified atom stereocenters. The van der Waals surface area contributed by atoms with E-state index in [1.807, 2.05) is 25.1 Å². The maximum absolute atomic E-state index is 12.9. The van der Waals surface area contributed by atoms with Crippen molar-refractivity contribution in [2.45, 2.75) is 31.2 Å². The smallest absolute Gasteiger partial charge is 0.241 e. The fraction of sp³-hybridized carbons (Fsp3) is 0.333. The highest BCUT2D eigenvalue weighted by Gasteiger charge is 2.30. The number of rotatable bonds is 8. The highest BCUT2D eigenvalue weighted by molar-refractivity contribution is 7.89. The van der Waals surface area contributed by atoms with Crippen molar-refractivity contribution in [3.8, 4) is 0 Å². The second-order valence-electron chi connectivity index (χ2n) is 5.87. The van der Waals surface area contributed by atoms with Crippen LogP contribution in [0.2, 0.25) is 0 Å². The molecule has 134 valence electrons. The summed E-state index contributed by atoms with van der Waals surface area (Å²) in [4.78, 5) is 22.9. The Balaban J connectivity index is 2.39. The van der Waals surface area contributed by atoms with Gasteiger partial charge in [0.2, 0.25) is 15.9 Å². The minimum Gasteiger partial charge on any atom is -0.348 e. The predicted octanol–water partition coefficient (Wildman–Crippen LogP) is 1.85. The summed E-state index contributed by atoms with van der Waals surface area (Å²) < 4.78 is 28.3. The van der Waals surface area contributed by atoms with E-state index in [2.05, 4.69) is 10.0 Å². The van der Waals surface area contributed by atoms with Gasteiger partial charge >= 0.3 is 0 Å². The average Bonchev–Trinajstić information content (AvgIpc) is 2.63. The fourth-order valence-corrected chi connectivity index (χ4v) is 4.11. The first-order valence-electron chi connectivity index (χ1n) is 8.12. The summed E-state index contributed by atoms with van der Waals surface area (Å²) in [7, 11) is -3.91. The van der Waals surface area contributed by atoms with Gasteiger partial charge in [-0.25, -0.2) is 8.42 Å². The molecule has 2 rings (SSSR count). The molecule has 2 aromatic carbocycles. The van der Waals surface area contributed by atoms with Crippen molar-refractivity contribution in [2.75, 3.05) is 6.54 Å². The van der Waals surface area contributed by atoms with Gasteiger partial charge in [0.25, 0.3) is 0 Å². The minimum absolute atomic E-state index is 0.127. The third-order valence-electron chi connectivity index (χ3n) is 4.18. The molecule has 25 heavy (non-hydrogen) atoms. The molecule has 0 aliphatic heterocycles. The molecule has 0 aromatic heterocycles. The van der Waals surface area contributed by atoms with Crippen LogP contribution in [0.3, 0.4) is 0 Å². The largest absolute Gasteiger partial charge is 0.348 e. The third kappa shape index (κ3) is 4.43. The molecule has 0 radical (unpaired) electrons. The van der Waals surface area contributed by atoms with E-state index in [9.17, 15) is 18.0 Å². The number of amides is 1. The number of hydrogen-bond donors (Lipinski definition) is 2. The molecule has 6 nitrogen and oxygen atoms in total. The van der Waals surface area contributed by atoms with Crippen molar-refractivity contribution >= 4 is 33.0 Å². The summed E-state index contributed by atoms with van der Waals surface area (Å²) in [6.07, 6.45) is 1.17. The van der Waals surface area contributed by atoms with Crippen molar-refractivity contribution in [2.24, 2.45) is 5.92 Å². The molecule has 2 aromatic rings. The molecule has 7 heteroatoms. The van der Waals surface area contributed by atoms with Crippen LogP contribution in [0.25, 0.3) is 10.8 Å². The van der Waals surface area contributed by atoms with Gasteiger partial charge in [0.05, 0.1) is 11.4 Å². The Bertz CT molecular complexity index is 859. The molecule has 2 atom stereocenters. The zero-order chi connectivity index (χ0) is 18.4. The second-order valence-corrected chi connectivity index (χ2v) is 7.56. The molecular weight excluding hydrogens is 340 g/mol. The van der Waals surface area contributed by atoms with Crippen LogP contribution in [0.5, 0.6) is 0 Å². The molecule has 0 saturated carbocycles.